The van der Waals surface area contributed by atoms with E-state index < -0.39 is 5.97 Å². The van der Waals surface area contributed by atoms with Crippen LogP contribution in [0.4, 0.5) is 0 Å². The maximum Gasteiger partial charge on any atom is 0.303 e. The van der Waals surface area contributed by atoms with Gasteiger partial charge in [-0.15, -0.1) is 0 Å². The average molecular weight is 284 g/mol. The van der Waals surface area contributed by atoms with Crippen molar-refractivity contribution in [1.29, 1.82) is 0 Å². The van der Waals surface area contributed by atoms with Gasteiger partial charge in [0.25, 0.3) is 0 Å². The molecule has 0 unspecified atom stereocenters. The number of morpholine rings is 1. The molecule has 114 valence electrons. The van der Waals surface area contributed by atoms with Crippen LogP contribution in [-0.4, -0.2) is 72.7 Å². The Labute approximate surface area is 119 Å². The van der Waals surface area contributed by atoms with Crippen molar-refractivity contribution < 1.29 is 19.4 Å². The molecule has 0 aliphatic carbocycles. The summed E-state index contributed by atoms with van der Waals surface area (Å²) in [5.74, 6) is -0.0203. The second-order valence-electron chi connectivity index (χ2n) is 5.65. The lowest BCUT2D eigenvalue weighted by Crippen LogP contribution is -2.47. The summed E-state index contributed by atoms with van der Waals surface area (Å²) in [6, 6.07) is 0. The van der Waals surface area contributed by atoms with Gasteiger partial charge >= 0.3 is 5.97 Å². The first-order chi connectivity index (χ1) is 9.65. The molecule has 1 N–H and O–H groups in total. The third-order valence-electron chi connectivity index (χ3n) is 4.20. The van der Waals surface area contributed by atoms with Crippen molar-refractivity contribution in [3.8, 4) is 0 Å². The molecule has 0 spiro atoms. The molecule has 0 radical (unpaired) electrons. The minimum atomic E-state index is -0.713. The minimum absolute atomic E-state index is 0.192. The van der Waals surface area contributed by atoms with E-state index in [0.717, 1.165) is 32.4 Å². The van der Waals surface area contributed by atoms with Crippen LogP contribution in [0.25, 0.3) is 0 Å². The van der Waals surface area contributed by atoms with Gasteiger partial charge in [-0.1, -0.05) is 0 Å². The van der Waals surface area contributed by atoms with Gasteiger partial charge in [0, 0.05) is 19.5 Å². The number of amides is 1. The van der Waals surface area contributed by atoms with Crippen LogP contribution < -0.4 is 0 Å². The minimum Gasteiger partial charge on any atom is -0.481 e. The van der Waals surface area contributed by atoms with Crippen LogP contribution in [0.3, 0.4) is 0 Å². The Hall–Kier alpha value is -1.14. The smallest absolute Gasteiger partial charge is 0.303 e. The summed E-state index contributed by atoms with van der Waals surface area (Å²) in [6.07, 6.45) is 3.03. The van der Waals surface area contributed by atoms with Crippen LogP contribution >= 0.6 is 0 Å². The van der Waals surface area contributed by atoms with Crippen molar-refractivity contribution in [2.45, 2.75) is 25.7 Å². The van der Waals surface area contributed by atoms with E-state index in [0.29, 0.717) is 38.8 Å². The molecule has 2 fully saturated rings. The van der Waals surface area contributed by atoms with Gasteiger partial charge < -0.3 is 14.7 Å². The Morgan fingerprint density at radius 1 is 1.10 bits per heavy atom. The molecule has 2 saturated heterocycles. The summed E-state index contributed by atoms with van der Waals surface area (Å²) in [6.45, 7) is 4.99. The quantitative estimate of drug-likeness (QED) is 0.792. The third kappa shape index (κ3) is 4.76. The van der Waals surface area contributed by atoms with E-state index >= 15 is 0 Å². The maximum atomic E-state index is 12.1. The number of likely N-dealkylation sites (tertiary alicyclic amines) is 1. The summed E-state index contributed by atoms with van der Waals surface area (Å²) < 4.78 is 5.24. The molecule has 0 bridgehead atoms. The van der Waals surface area contributed by atoms with Crippen LogP contribution in [0.5, 0.6) is 0 Å². The van der Waals surface area contributed by atoms with Crippen molar-refractivity contribution in [2.75, 3.05) is 45.9 Å². The molecule has 2 heterocycles. The summed E-state index contributed by atoms with van der Waals surface area (Å²) in [4.78, 5) is 26.7. The number of carboxylic acid groups (broad SMARTS) is 1. The predicted octanol–water partition coefficient (Wildman–Crippen LogP) is 0.422. The number of nitrogens with zero attached hydrogens (tertiary/aromatic N) is 2. The molecule has 6 nitrogen and oxygen atoms in total. The Morgan fingerprint density at radius 3 is 2.35 bits per heavy atom. The lowest BCUT2D eigenvalue weighted by atomic mass is 9.92. The van der Waals surface area contributed by atoms with Gasteiger partial charge in [-0.2, -0.15) is 0 Å². The number of carboxylic acids is 1. The van der Waals surface area contributed by atoms with Gasteiger partial charge in [0.05, 0.1) is 19.8 Å². The molecule has 0 aromatic carbocycles. The highest BCUT2D eigenvalue weighted by Gasteiger charge is 2.24. The monoisotopic (exact) mass is 284 g/mol. The van der Waals surface area contributed by atoms with Crippen LogP contribution in [0.15, 0.2) is 0 Å². The first-order valence-corrected chi connectivity index (χ1v) is 7.45. The Kier molecular flexibility index (Phi) is 5.79. The fourth-order valence-corrected chi connectivity index (χ4v) is 2.86. The molecular formula is C14H24N2O4. The topological polar surface area (TPSA) is 70.1 Å². The second kappa shape index (κ2) is 7.59. The number of hydrogen-bond donors (Lipinski definition) is 1. The molecule has 6 heteroatoms. The van der Waals surface area contributed by atoms with Gasteiger partial charge in [0.1, 0.15) is 0 Å². The second-order valence-corrected chi connectivity index (χ2v) is 5.65. The van der Waals surface area contributed by atoms with Gasteiger partial charge in [-0.3, -0.25) is 14.5 Å². The Bertz CT molecular complexity index is 334. The van der Waals surface area contributed by atoms with E-state index in [1.165, 1.54) is 0 Å². The van der Waals surface area contributed by atoms with Crippen LogP contribution in [0.2, 0.25) is 0 Å². The Morgan fingerprint density at radius 2 is 1.75 bits per heavy atom. The van der Waals surface area contributed by atoms with E-state index in [1.807, 2.05) is 4.90 Å². The Balaban J connectivity index is 1.66. The largest absolute Gasteiger partial charge is 0.481 e. The van der Waals surface area contributed by atoms with E-state index in [-0.39, 0.29) is 12.3 Å². The van der Waals surface area contributed by atoms with Crippen molar-refractivity contribution in [3.63, 3.8) is 0 Å². The summed E-state index contributed by atoms with van der Waals surface area (Å²) in [5.41, 5.74) is 0. The average Bonchev–Trinajstić information content (AvgIpc) is 2.47. The first kappa shape index (κ1) is 15.3. The number of aliphatic carboxylic acids is 1. The molecule has 0 atom stereocenters. The van der Waals surface area contributed by atoms with Gasteiger partial charge in [-0.05, 0) is 38.3 Å². The molecule has 2 aliphatic rings. The van der Waals surface area contributed by atoms with Crippen LogP contribution in [0.1, 0.15) is 25.7 Å². The molecule has 2 rings (SSSR count). The highest BCUT2D eigenvalue weighted by molar-refractivity contribution is 5.78. The summed E-state index contributed by atoms with van der Waals surface area (Å²) in [5, 5.41) is 8.69. The normalized spacial score (nSPS) is 21.9. The fraction of sp³-hybridized carbons (Fsp3) is 0.857. The predicted molar refractivity (Wildman–Crippen MR) is 73.4 cm³/mol. The molecule has 2 aliphatic heterocycles. The van der Waals surface area contributed by atoms with Gasteiger partial charge in [-0.25, -0.2) is 0 Å². The van der Waals surface area contributed by atoms with E-state index in [4.69, 9.17) is 9.84 Å². The lowest BCUT2D eigenvalue weighted by molar-refractivity contribution is -0.137. The number of hydrogen-bond acceptors (Lipinski definition) is 4. The van der Waals surface area contributed by atoms with Gasteiger partial charge in [0.15, 0.2) is 0 Å². The molecule has 20 heavy (non-hydrogen) atoms. The molecule has 1 amide bonds. The van der Waals surface area contributed by atoms with E-state index in [9.17, 15) is 9.59 Å². The maximum absolute atomic E-state index is 12.1. The highest BCUT2D eigenvalue weighted by Crippen LogP contribution is 2.21. The zero-order chi connectivity index (χ0) is 14.4. The first-order valence-electron chi connectivity index (χ1n) is 7.45. The van der Waals surface area contributed by atoms with E-state index in [2.05, 4.69) is 4.90 Å². The molecule has 0 aromatic rings. The molecular weight excluding hydrogens is 260 g/mol. The number of ether oxygens (including phenoxy) is 1. The zero-order valence-electron chi connectivity index (χ0n) is 11.9. The van der Waals surface area contributed by atoms with Crippen molar-refractivity contribution in [3.05, 3.63) is 0 Å². The number of carbonyl (C=O) groups excluding carboxylic acids is 1. The van der Waals surface area contributed by atoms with Crippen molar-refractivity contribution >= 4 is 11.9 Å². The number of rotatable bonds is 5. The number of piperidine rings is 1. The highest BCUT2D eigenvalue weighted by atomic mass is 16.5. The SMILES string of the molecule is O=C(O)CCC1CCN(CC(=O)N2CCOCC2)CC1. The summed E-state index contributed by atoms with van der Waals surface area (Å²) >= 11 is 0. The molecule has 0 aromatic heterocycles. The zero-order valence-corrected chi connectivity index (χ0v) is 11.9. The van der Waals surface area contributed by atoms with E-state index in [1.54, 1.807) is 0 Å². The van der Waals surface area contributed by atoms with Crippen molar-refractivity contribution in [1.82, 2.24) is 9.80 Å². The van der Waals surface area contributed by atoms with Crippen LogP contribution in [-0.2, 0) is 14.3 Å². The number of carbonyl (C=O) groups is 2. The standard InChI is InChI=1S/C14H24N2O4/c17-13(16-7-9-20-10-8-16)11-15-5-3-12(4-6-15)1-2-14(18)19/h12H,1-11H2,(H,18,19). The van der Waals surface area contributed by atoms with Crippen molar-refractivity contribution in [2.24, 2.45) is 5.92 Å². The lowest BCUT2D eigenvalue weighted by Gasteiger charge is -2.34. The van der Waals surface area contributed by atoms with Gasteiger partial charge in [0.2, 0.25) is 5.91 Å². The third-order valence-corrected chi connectivity index (χ3v) is 4.20. The molecule has 0 saturated carbocycles. The van der Waals surface area contributed by atoms with Crippen LogP contribution in [0, 0.1) is 5.92 Å². The fourth-order valence-electron chi connectivity index (χ4n) is 2.86. The summed E-state index contributed by atoms with van der Waals surface area (Å²) in [7, 11) is 0.